The quantitative estimate of drug-likeness (QED) is 0.333. The molecule has 0 unspecified atom stereocenters. The average molecular weight is 418 g/mol. The minimum absolute atomic E-state index is 0.0839. The number of benzene rings is 1. The highest BCUT2D eigenvalue weighted by Gasteiger charge is 2.27. The van der Waals surface area contributed by atoms with Gasteiger partial charge in [-0.15, -0.1) is 0 Å². The molecule has 116 valence electrons. The summed E-state index contributed by atoms with van der Waals surface area (Å²) in [5.74, 6) is -0.612. The van der Waals surface area contributed by atoms with Crippen molar-refractivity contribution in [3.8, 4) is 0 Å². The predicted molar refractivity (Wildman–Crippen MR) is 75.0 cm³/mol. The minimum atomic E-state index is -4.42. The summed E-state index contributed by atoms with van der Waals surface area (Å²) >= 11 is 1.83. The minimum Gasteiger partial charge on any atom is -0.370 e. The molecule has 0 aliphatic heterocycles. The number of nitrogens with one attached hydrogen (secondary N) is 1. The zero-order valence-electron chi connectivity index (χ0n) is 10.4. The van der Waals surface area contributed by atoms with E-state index in [9.17, 15) is 28.1 Å². The first-order chi connectivity index (χ1) is 9.70. The van der Waals surface area contributed by atoms with Crippen LogP contribution in [-0.4, -0.2) is 36.8 Å². The van der Waals surface area contributed by atoms with Crippen molar-refractivity contribution >= 4 is 34.2 Å². The van der Waals surface area contributed by atoms with E-state index in [2.05, 4.69) is 10.1 Å². The second kappa shape index (κ2) is 7.54. The van der Waals surface area contributed by atoms with Gasteiger partial charge in [-0.25, -0.2) is 0 Å². The lowest BCUT2D eigenvalue weighted by molar-refractivity contribution is -0.384. The first-order valence-corrected chi connectivity index (χ1v) is 6.65. The van der Waals surface area contributed by atoms with Gasteiger partial charge in [0, 0.05) is 22.2 Å². The molecule has 1 aromatic rings. The fraction of sp³-hybridized carbons (Fsp3) is 0.364. The maximum absolute atomic E-state index is 11.8. The second-order valence-corrected chi connectivity index (χ2v) is 5.01. The number of carbonyl (C=O) groups is 1. The van der Waals surface area contributed by atoms with E-state index >= 15 is 0 Å². The summed E-state index contributed by atoms with van der Waals surface area (Å²) in [5, 5.41) is 13.0. The van der Waals surface area contributed by atoms with Crippen LogP contribution in [0, 0.1) is 13.7 Å². The highest BCUT2D eigenvalue weighted by Crippen LogP contribution is 2.19. The lowest BCUT2D eigenvalue weighted by Gasteiger charge is -2.09. The summed E-state index contributed by atoms with van der Waals surface area (Å²) in [6.45, 7) is -1.83. The zero-order valence-corrected chi connectivity index (χ0v) is 12.6. The Morgan fingerprint density at radius 2 is 2.10 bits per heavy atom. The summed E-state index contributed by atoms with van der Waals surface area (Å²) in [4.78, 5) is 21.8. The third-order valence-electron chi connectivity index (χ3n) is 2.20. The highest BCUT2D eigenvalue weighted by atomic mass is 127. The summed E-state index contributed by atoms with van der Waals surface area (Å²) in [6, 6.07) is 3.77. The number of halogens is 4. The SMILES string of the molecule is O=C(NCCOCC(F)(F)F)c1cc([N+](=O)[O-])ccc1I. The topological polar surface area (TPSA) is 81.5 Å². The molecule has 0 bridgehead atoms. The Hall–Kier alpha value is -1.43. The monoisotopic (exact) mass is 418 g/mol. The van der Waals surface area contributed by atoms with Gasteiger partial charge < -0.3 is 10.1 Å². The maximum atomic E-state index is 11.8. The molecule has 0 aromatic heterocycles. The fourth-order valence-corrected chi connectivity index (χ4v) is 1.90. The van der Waals surface area contributed by atoms with Gasteiger partial charge in [-0.3, -0.25) is 14.9 Å². The molecular formula is C11H10F3IN2O4. The summed E-state index contributed by atoms with van der Waals surface area (Å²) in [7, 11) is 0. The number of hydrogen-bond donors (Lipinski definition) is 1. The number of ether oxygens (including phenoxy) is 1. The van der Waals surface area contributed by atoms with E-state index in [0.717, 1.165) is 6.07 Å². The van der Waals surface area contributed by atoms with Gasteiger partial charge in [-0.1, -0.05) is 0 Å². The number of alkyl halides is 3. The van der Waals surface area contributed by atoms with Crippen molar-refractivity contribution in [2.45, 2.75) is 6.18 Å². The van der Waals surface area contributed by atoms with E-state index in [0.29, 0.717) is 3.57 Å². The van der Waals surface area contributed by atoms with Crippen LogP contribution in [-0.2, 0) is 4.74 Å². The predicted octanol–water partition coefficient (Wildman–Crippen LogP) is 2.51. The van der Waals surface area contributed by atoms with Gasteiger partial charge in [-0.05, 0) is 28.7 Å². The Kier molecular flexibility index (Phi) is 6.33. The normalized spacial score (nSPS) is 11.2. The molecule has 0 spiro atoms. The molecule has 0 saturated carbocycles. The lowest BCUT2D eigenvalue weighted by Crippen LogP contribution is -2.29. The summed E-state index contributed by atoms with van der Waals surface area (Å²) < 4.78 is 40.2. The molecule has 0 radical (unpaired) electrons. The molecule has 0 atom stereocenters. The Morgan fingerprint density at radius 1 is 1.43 bits per heavy atom. The zero-order chi connectivity index (χ0) is 16.0. The number of amides is 1. The van der Waals surface area contributed by atoms with Crippen LogP contribution in [0.4, 0.5) is 18.9 Å². The number of nitro groups is 1. The Morgan fingerprint density at radius 3 is 2.67 bits per heavy atom. The second-order valence-electron chi connectivity index (χ2n) is 3.84. The van der Waals surface area contributed by atoms with E-state index in [-0.39, 0.29) is 24.4 Å². The van der Waals surface area contributed by atoms with Gasteiger partial charge in [0.2, 0.25) is 0 Å². The molecule has 21 heavy (non-hydrogen) atoms. The molecule has 0 saturated heterocycles. The van der Waals surface area contributed by atoms with Crippen LogP contribution in [0.2, 0.25) is 0 Å². The van der Waals surface area contributed by atoms with Crippen LogP contribution < -0.4 is 5.32 Å². The first kappa shape index (κ1) is 17.6. The first-order valence-electron chi connectivity index (χ1n) is 5.57. The number of nitro benzene ring substituents is 1. The summed E-state index contributed by atoms with van der Waals surface area (Å²) in [6.07, 6.45) is -4.42. The van der Waals surface area contributed by atoms with Crippen molar-refractivity contribution in [2.24, 2.45) is 0 Å². The molecule has 0 heterocycles. The smallest absolute Gasteiger partial charge is 0.370 e. The van der Waals surface area contributed by atoms with Crippen LogP contribution in [0.1, 0.15) is 10.4 Å². The van der Waals surface area contributed by atoms with Crippen LogP contribution in [0.25, 0.3) is 0 Å². The standard InChI is InChI=1S/C11H10F3IN2O4/c12-11(13,14)6-21-4-3-16-10(18)8-5-7(17(19)20)1-2-9(8)15/h1-2,5H,3-4,6H2,(H,16,18). The van der Waals surface area contributed by atoms with Gasteiger partial charge in [0.25, 0.3) is 11.6 Å². The molecule has 0 aliphatic carbocycles. The van der Waals surface area contributed by atoms with E-state index in [1.54, 1.807) is 0 Å². The van der Waals surface area contributed by atoms with Crippen molar-refractivity contribution in [1.82, 2.24) is 5.32 Å². The van der Waals surface area contributed by atoms with Crippen LogP contribution in [0.5, 0.6) is 0 Å². The summed E-state index contributed by atoms with van der Waals surface area (Å²) in [5.41, 5.74) is -0.158. The van der Waals surface area contributed by atoms with Crippen molar-refractivity contribution < 1.29 is 27.6 Å². The average Bonchev–Trinajstić information content (AvgIpc) is 2.36. The van der Waals surface area contributed by atoms with E-state index in [1.165, 1.54) is 12.1 Å². The maximum Gasteiger partial charge on any atom is 0.411 e. The number of non-ortho nitro benzene ring substituents is 1. The Labute approximate surface area is 130 Å². The van der Waals surface area contributed by atoms with Gasteiger partial charge in [0.05, 0.1) is 17.1 Å². The highest BCUT2D eigenvalue weighted by molar-refractivity contribution is 14.1. The third kappa shape index (κ3) is 6.25. The van der Waals surface area contributed by atoms with Gasteiger partial charge >= 0.3 is 6.18 Å². The van der Waals surface area contributed by atoms with Crippen molar-refractivity contribution in [1.29, 1.82) is 0 Å². The molecule has 0 fully saturated rings. The van der Waals surface area contributed by atoms with Crippen LogP contribution in [0.15, 0.2) is 18.2 Å². The number of rotatable bonds is 6. The van der Waals surface area contributed by atoms with Crippen molar-refractivity contribution in [3.63, 3.8) is 0 Å². The largest absolute Gasteiger partial charge is 0.411 e. The molecule has 0 aliphatic rings. The Bertz CT molecular complexity index is 537. The molecule has 1 rings (SSSR count). The molecule has 1 amide bonds. The van der Waals surface area contributed by atoms with Crippen molar-refractivity contribution in [2.75, 3.05) is 19.8 Å². The van der Waals surface area contributed by atoms with Gasteiger partial charge in [0.1, 0.15) is 6.61 Å². The fourth-order valence-electron chi connectivity index (χ4n) is 1.32. The van der Waals surface area contributed by atoms with Gasteiger partial charge in [-0.2, -0.15) is 13.2 Å². The van der Waals surface area contributed by atoms with E-state index in [1.807, 2.05) is 22.6 Å². The number of hydrogen-bond acceptors (Lipinski definition) is 4. The van der Waals surface area contributed by atoms with Gasteiger partial charge in [0.15, 0.2) is 0 Å². The molecule has 1 N–H and O–H groups in total. The lowest BCUT2D eigenvalue weighted by atomic mass is 10.2. The number of nitrogens with zero attached hydrogens (tertiary/aromatic N) is 1. The third-order valence-corrected chi connectivity index (χ3v) is 3.14. The van der Waals surface area contributed by atoms with Crippen LogP contribution in [0.3, 0.4) is 0 Å². The van der Waals surface area contributed by atoms with Crippen LogP contribution >= 0.6 is 22.6 Å². The number of carbonyl (C=O) groups excluding carboxylic acids is 1. The molecular weight excluding hydrogens is 408 g/mol. The van der Waals surface area contributed by atoms with E-state index < -0.39 is 23.6 Å². The molecule has 1 aromatic carbocycles. The Balaban J connectivity index is 2.52. The van der Waals surface area contributed by atoms with E-state index in [4.69, 9.17) is 0 Å². The van der Waals surface area contributed by atoms with Crippen molar-refractivity contribution in [3.05, 3.63) is 37.4 Å². The molecule has 10 heteroatoms. The molecule has 6 nitrogen and oxygen atoms in total.